The number of hydrogen-bond acceptors (Lipinski definition) is 6. The second-order valence-corrected chi connectivity index (χ2v) is 9.84. The molecule has 1 atom stereocenters. The summed E-state index contributed by atoms with van der Waals surface area (Å²) in [5.74, 6) is -1.60. The van der Waals surface area contributed by atoms with E-state index >= 15 is 0 Å². The molecule has 1 fully saturated rings. The van der Waals surface area contributed by atoms with Gasteiger partial charge in [-0.2, -0.15) is 0 Å². The maximum atomic E-state index is 13.6. The first-order valence-electron chi connectivity index (χ1n) is 11.1. The molecule has 1 unspecified atom stereocenters. The van der Waals surface area contributed by atoms with Crippen molar-refractivity contribution in [2.45, 2.75) is 51.4 Å². The molecule has 3 aliphatic rings. The molecule has 2 aromatic rings. The number of esters is 1. The summed E-state index contributed by atoms with van der Waals surface area (Å²) in [5, 5.41) is 2.02. The molecule has 0 saturated carbocycles. The van der Waals surface area contributed by atoms with Crippen LogP contribution in [-0.4, -0.2) is 58.3 Å². The minimum atomic E-state index is -1.58. The number of rotatable bonds is 4. The number of ether oxygens (including phenoxy) is 1. The van der Waals surface area contributed by atoms with E-state index in [2.05, 4.69) is 0 Å². The largest absolute Gasteiger partial charge is 0.452 e. The van der Waals surface area contributed by atoms with Gasteiger partial charge in [0.05, 0.1) is 11.3 Å². The number of nitrogens with zero attached hydrogens (tertiary/aromatic N) is 3. The van der Waals surface area contributed by atoms with Gasteiger partial charge < -0.3 is 14.5 Å². The molecule has 1 aromatic heterocycles. The number of fused-ring (bicyclic) bond motifs is 4. The molecule has 1 aromatic carbocycles. The van der Waals surface area contributed by atoms with Crippen LogP contribution in [0.25, 0.3) is 0 Å². The van der Waals surface area contributed by atoms with E-state index in [0.29, 0.717) is 24.3 Å². The fourth-order valence-corrected chi connectivity index (χ4v) is 6.06. The Morgan fingerprint density at radius 2 is 1.94 bits per heavy atom. The third kappa shape index (κ3) is 3.25. The summed E-state index contributed by atoms with van der Waals surface area (Å²) in [6.07, 6.45) is 1.02. The second kappa shape index (κ2) is 7.98. The fraction of sp³-hybridized carbons (Fsp3) is 0.417. The van der Waals surface area contributed by atoms with Gasteiger partial charge >= 0.3 is 5.97 Å². The summed E-state index contributed by atoms with van der Waals surface area (Å²) in [5.41, 5.74) is 0.323. The molecule has 3 amide bonds. The Morgan fingerprint density at radius 3 is 2.73 bits per heavy atom. The van der Waals surface area contributed by atoms with Crippen molar-refractivity contribution in [2.75, 3.05) is 18.1 Å². The smallest absolute Gasteiger partial charge is 0.354 e. The van der Waals surface area contributed by atoms with Crippen LogP contribution in [0.15, 0.2) is 35.7 Å². The van der Waals surface area contributed by atoms with E-state index in [0.717, 1.165) is 12.0 Å². The molecule has 0 N–H and O–H groups in total. The lowest BCUT2D eigenvalue weighted by molar-refractivity contribution is -0.163. The van der Waals surface area contributed by atoms with Gasteiger partial charge in [-0.15, -0.1) is 11.3 Å². The molecule has 0 aliphatic carbocycles. The number of hydrogen-bond donors (Lipinski definition) is 0. The summed E-state index contributed by atoms with van der Waals surface area (Å²) in [4.78, 5) is 58.6. The van der Waals surface area contributed by atoms with E-state index < -0.39 is 18.2 Å². The Hall–Kier alpha value is -3.20. The zero-order valence-electron chi connectivity index (χ0n) is 18.6. The van der Waals surface area contributed by atoms with Gasteiger partial charge in [-0.25, -0.2) is 4.79 Å². The van der Waals surface area contributed by atoms with Crippen LogP contribution in [0.4, 0.5) is 5.69 Å². The minimum absolute atomic E-state index is 0.112. The van der Waals surface area contributed by atoms with Crippen molar-refractivity contribution in [1.29, 1.82) is 0 Å². The lowest BCUT2D eigenvalue weighted by Gasteiger charge is -2.50. The Morgan fingerprint density at radius 1 is 1.15 bits per heavy atom. The van der Waals surface area contributed by atoms with Crippen molar-refractivity contribution in [3.05, 3.63) is 51.7 Å². The van der Waals surface area contributed by atoms with Crippen LogP contribution in [-0.2, 0) is 32.1 Å². The Kier molecular flexibility index (Phi) is 5.23. The molecule has 8 nitrogen and oxygen atoms in total. The monoisotopic (exact) mass is 467 g/mol. The van der Waals surface area contributed by atoms with Gasteiger partial charge in [0.15, 0.2) is 6.61 Å². The molecule has 0 radical (unpaired) electrons. The lowest BCUT2D eigenvalue weighted by atomic mass is 9.95. The first-order valence-corrected chi connectivity index (χ1v) is 12.0. The molecule has 172 valence electrons. The highest BCUT2D eigenvalue weighted by atomic mass is 32.1. The summed E-state index contributed by atoms with van der Waals surface area (Å²) < 4.78 is 5.55. The molecule has 5 rings (SSSR count). The average molecular weight is 468 g/mol. The highest BCUT2D eigenvalue weighted by Crippen LogP contribution is 2.46. The first-order chi connectivity index (χ1) is 15.8. The van der Waals surface area contributed by atoms with Crippen molar-refractivity contribution in [1.82, 2.24) is 9.80 Å². The van der Waals surface area contributed by atoms with Gasteiger partial charge in [-0.05, 0) is 49.4 Å². The SMILES string of the molecule is CC(C)N1C(=O)c2ccccc2N2C(=O)CCC21C(=O)OCC(=O)N1CCc2sccc2C1. The highest BCUT2D eigenvalue weighted by molar-refractivity contribution is 7.10. The molecule has 33 heavy (non-hydrogen) atoms. The predicted molar refractivity (Wildman–Crippen MR) is 122 cm³/mol. The zero-order chi connectivity index (χ0) is 23.3. The fourth-order valence-electron chi connectivity index (χ4n) is 5.17. The van der Waals surface area contributed by atoms with Gasteiger partial charge in [0.1, 0.15) is 0 Å². The topological polar surface area (TPSA) is 87.2 Å². The van der Waals surface area contributed by atoms with Crippen molar-refractivity contribution >= 4 is 40.7 Å². The molecule has 0 spiro atoms. The average Bonchev–Trinajstić information content (AvgIpc) is 3.41. The van der Waals surface area contributed by atoms with Crippen molar-refractivity contribution in [2.24, 2.45) is 0 Å². The summed E-state index contributed by atoms with van der Waals surface area (Å²) in [7, 11) is 0. The zero-order valence-corrected chi connectivity index (χ0v) is 19.4. The van der Waals surface area contributed by atoms with E-state index in [1.54, 1.807) is 54.3 Å². The highest BCUT2D eigenvalue weighted by Gasteiger charge is 2.62. The van der Waals surface area contributed by atoms with Gasteiger partial charge in [0.2, 0.25) is 11.6 Å². The van der Waals surface area contributed by atoms with Crippen LogP contribution in [0.3, 0.4) is 0 Å². The number of para-hydroxylation sites is 1. The molecule has 9 heteroatoms. The predicted octanol–water partition coefficient (Wildman–Crippen LogP) is 2.56. The van der Waals surface area contributed by atoms with Crippen LogP contribution >= 0.6 is 11.3 Å². The van der Waals surface area contributed by atoms with Crippen molar-refractivity contribution < 1.29 is 23.9 Å². The number of benzene rings is 1. The molecule has 4 heterocycles. The summed E-state index contributed by atoms with van der Waals surface area (Å²) >= 11 is 1.69. The second-order valence-electron chi connectivity index (χ2n) is 8.84. The van der Waals surface area contributed by atoms with Gasteiger partial charge in [0.25, 0.3) is 11.8 Å². The molecular weight excluding hydrogens is 442 g/mol. The number of thiophene rings is 1. The lowest BCUT2D eigenvalue weighted by Crippen LogP contribution is -2.70. The molecule has 0 bridgehead atoms. The van der Waals surface area contributed by atoms with Gasteiger partial charge in [-0.1, -0.05) is 12.1 Å². The standard InChI is InChI=1S/C24H25N3O5S/c1-15(2)26-22(30)17-5-3-4-6-18(17)27-20(28)7-10-24(26,27)23(31)32-14-21(29)25-11-8-19-16(13-25)9-12-33-19/h3-6,9,12,15H,7-8,10-11,13-14H2,1-2H3. The van der Waals surface area contributed by atoms with E-state index in [1.807, 2.05) is 11.4 Å². The van der Waals surface area contributed by atoms with E-state index in [1.165, 1.54) is 14.7 Å². The molecule has 1 saturated heterocycles. The Bertz CT molecular complexity index is 1160. The van der Waals surface area contributed by atoms with Crippen LogP contribution in [0, 0.1) is 0 Å². The van der Waals surface area contributed by atoms with Crippen LogP contribution in [0.5, 0.6) is 0 Å². The number of carbonyl (C=O) groups is 4. The third-order valence-corrected chi connectivity index (χ3v) is 7.65. The van der Waals surface area contributed by atoms with E-state index in [4.69, 9.17) is 4.74 Å². The Labute approximate surface area is 195 Å². The first kappa shape index (κ1) is 21.6. The Balaban J connectivity index is 1.41. The normalized spacial score (nSPS) is 21.7. The maximum absolute atomic E-state index is 13.6. The maximum Gasteiger partial charge on any atom is 0.354 e. The van der Waals surface area contributed by atoms with Gasteiger partial charge in [-0.3, -0.25) is 19.3 Å². The summed E-state index contributed by atoms with van der Waals surface area (Å²) in [6, 6.07) is 8.45. The molecular formula is C24H25N3O5S. The number of carbonyl (C=O) groups excluding carboxylic acids is 4. The molecule has 3 aliphatic heterocycles. The van der Waals surface area contributed by atoms with Crippen molar-refractivity contribution in [3.8, 4) is 0 Å². The van der Waals surface area contributed by atoms with Crippen LogP contribution in [0.1, 0.15) is 47.5 Å². The van der Waals surface area contributed by atoms with Gasteiger partial charge in [0, 0.05) is 36.9 Å². The third-order valence-electron chi connectivity index (χ3n) is 6.63. The van der Waals surface area contributed by atoms with Crippen molar-refractivity contribution in [3.63, 3.8) is 0 Å². The summed E-state index contributed by atoms with van der Waals surface area (Å²) in [6.45, 7) is 4.25. The minimum Gasteiger partial charge on any atom is -0.452 e. The van der Waals surface area contributed by atoms with Crippen LogP contribution in [0.2, 0.25) is 0 Å². The number of anilines is 1. The van der Waals surface area contributed by atoms with E-state index in [9.17, 15) is 19.2 Å². The quantitative estimate of drug-likeness (QED) is 0.645. The number of amides is 3. The van der Waals surface area contributed by atoms with Crippen LogP contribution < -0.4 is 4.90 Å². The van der Waals surface area contributed by atoms with E-state index in [-0.39, 0.29) is 36.6 Å².